The van der Waals surface area contributed by atoms with Crippen LogP contribution < -0.4 is 5.56 Å². The van der Waals surface area contributed by atoms with Crippen molar-refractivity contribution in [1.82, 2.24) is 9.47 Å². The van der Waals surface area contributed by atoms with E-state index < -0.39 is 29.3 Å². The largest absolute Gasteiger partial charge is 0.503 e. The average Bonchev–Trinajstić information content (AvgIpc) is 2.87. The summed E-state index contributed by atoms with van der Waals surface area (Å²) in [5, 5.41) is 10.6. The van der Waals surface area contributed by atoms with Gasteiger partial charge in [0.25, 0.3) is 11.5 Å². The zero-order chi connectivity index (χ0) is 29.3. The molecule has 1 aliphatic rings. The van der Waals surface area contributed by atoms with Crippen LogP contribution in [0.3, 0.4) is 0 Å². The Kier molecular flexibility index (Phi) is 11.7. The number of likely N-dealkylation sites (tertiary alicyclic amines) is 1. The van der Waals surface area contributed by atoms with Crippen LogP contribution in [0.5, 0.6) is 5.88 Å². The van der Waals surface area contributed by atoms with Gasteiger partial charge in [-0.2, -0.15) is 0 Å². The summed E-state index contributed by atoms with van der Waals surface area (Å²) >= 11 is 0. The van der Waals surface area contributed by atoms with Gasteiger partial charge >= 0.3 is 11.9 Å². The fourth-order valence-electron chi connectivity index (χ4n) is 4.29. The third kappa shape index (κ3) is 7.66. The Hall–Kier alpha value is -3.73. The summed E-state index contributed by atoms with van der Waals surface area (Å²) in [5.41, 5.74) is 0.310. The standard InChI is InChI=1S/C29H38N4O6/c1-18(2)38-16-10-14-32-26(34)22(20(5)24(30-7)28(32)36)12-9-13-23-21(6)25(31-8)29(37)33(27(23)35)15-11-17-39-19(3)4/h9,12-13,18-20,24,37H,10-11,14-17H2,1-6H3. The van der Waals surface area contributed by atoms with Crippen molar-refractivity contribution in [3.8, 4) is 5.88 Å². The number of aromatic nitrogens is 1. The molecule has 10 heteroatoms. The number of hydrogen-bond donors (Lipinski definition) is 1. The lowest BCUT2D eigenvalue weighted by molar-refractivity contribution is -0.146. The monoisotopic (exact) mass is 538 g/mol. The lowest BCUT2D eigenvalue weighted by Crippen LogP contribution is -2.52. The van der Waals surface area contributed by atoms with Crippen molar-refractivity contribution >= 4 is 23.6 Å². The Bertz CT molecular complexity index is 1260. The van der Waals surface area contributed by atoms with Gasteiger partial charge in [0.1, 0.15) is 0 Å². The molecule has 1 aromatic heterocycles. The first-order valence-electron chi connectivity index (χ1n) is 13.1. The number of amides is 2. The molecule has 0 spiro atoms. The first-order chi connectivity index (χ1) is 18.5. The van der Waals surface area contributed by atoms with Gasteiger partial charge in [-0.25, -0.2) is 11.4 Å². The molecule has 1 aliphatic heterocycles. The van der Waals surface area contributed by atoms with Gasteiger partial charge < -0.3 is 19.4 Å². The zero-order valence-corrected chi connectivity index (χ0v) is 23.6. The van der Waals surface area contributed by atoms with Gasteiger partial charge in [-0.3, -0.25) is 23.9 Å². The number of aromatic hydroxyl groups is 1. The van der Waals surface area contributed by atoms with E-state index in [-0.39, 0.29) is 48.0 Å². The molecule has 0 aliphatic carbocycles. The normalized spacial score (nSPS) is 18.9. The Labute approximate surface area is 230 Å². The molecule has 210 valence electrons. The van der Waals surface area contributed by atoms with Gasteiger partial charge in [-0.1, -0.05) is 25.2 Å². The molecule has 2 rings (SSSR count). The first-order valence-corrected chi connectivity index (χ1v) is 13.1. The minimum atomic E-state index is -1.03. The maximum absolute atomic E-state index is 13.2. The molecule has 1 aromatic rings. The van der Waals surface area contributed by atoms with Crippen LogP contribution in [0.1, 0.15) is 58.6 Å². The van der Waals surface area contributed by atoms with Gasteiger partial charge in [0, 0.05) is 37.4 Å². The zero-order valence-electron chi connectivity index (χ0n) is 23.6. The van der Waals surface area contributed by atoms with Crippen molar-refractivity contribution in [2.45, 2.75) is 79.2 Å². The minimum Gasteiger partial charge on any atom is -0.503 e. The highest BCUT2D eigenvalue weighted by Gasteiger charge is 2.46. The summed E-state index contributed by atoms with van der Waals surface area (Å²) in [6.45, 7) is 26.9. The second-order valence-electron chi connectivity index (χ2n) is 9.96. The van der Waals surface area contributed by atoms with Crippen molar-refractivity contribution in [1.29, 1.82) is 0 Å². The molecule has 2 unspecified atom stereocenters. The SMILES string of the molecule is [C-]#[N+]c1c(C)c(C=CC=C2C(=O)N(CCCOC(C)C)C(=O)C([N+]#[C-])C2C)c(=O)n(CCCOC(C)C)c1O. The van der Waals surface area contributed by atoms with Crippen molar-refractivity contribution in [2.24, 2.45) is 5.92 Å². The van der Waals surface area contributed by atoms with Gasteiger partial charge in [-0.05, 0) is 53.0 Å². The third-order valence-electron chi connectivity index (χ3n) is 6.42. The average molecular weight is 539 g/mol. The highest BCUT2D eigenvalue weighted by atomic mass is 16.5. The summed E-state index contributed by atoms with van der Waals surface area (Å²) in [4.78, 5) is 47.2. The Balaban J connectivity index is 2.39. The number of rotatable bonds is 12. The molecular weight excluding hydrogens is 500 g/mol. The predicted molar refractivity (Wildman–Crippen MR) is 148 cm³/mol. The summed E-state index contributed by atoms with van der Waals surface area (Å²) in [6.07, 6.45) is 5.50. The molecule has 39 heavy (non-hydrogen) atoms. The smallest absolute Gasteiger partial charge is 0.313 e. The highest BCUT2D eigenvalue weighted by molar-refractivity contribution is 6.10. The summed E-state index contributed by atoms with van der Waals surface area (Å²) in [7, 11) is 0. The van der Waals surface area contributed by atoms with Gasteiger partial charge in [-0.15, -0.1) is 0 Å². The number of carbonyl (C=O) groups excluding carboxylic acids is 2. The number of piperidine rings is 1. The van der Waals surface area contributed by atoms with Crippen LogP contribution in [0.15, 0.2) is 22.5 Å². The minimum absolute atomic E-state index is 0.0257. The van der Waals surface area contributed by atoms with Crippen LogP contribution in [0, 0.1) is 26.0 Å². The number of hydrogen-bond acceptors (Lipinski definition) is 6. The second-order valence-corrected chi connectivity index (χ2v) is 9.96. The molecule has 0 radical (unpaired) electrons. The van der Waals surface area contributed by atoms with Crippen LogP contribution in [0.4, 0.5) is 5.69 Å². The van der Waals surface area contributed by atoms with E-state index in [0.717, 1.165) is 9.47 Å². The molecule has 2 amide bonds. The van der Waals surface area contributed by atoms with Gasteiger partial charge in [0.2, 0.25) is 5.69 Å². The summed E-state index contributed by atoms with van der Waals surface area (Å²) < 4.78 is 12.2. The lowest BCUT2D eigenvalue weighted by atomic mass is 9.87. The molecule has 10 nitrogen and oxygen atoms in total. The molecule has 1 fully saturated rings. The van der Waals surface area contributed by atoms with Gasteiger partial charge in [0.05, 0.1) is 24.7 Å². The maximum Gasteiger partial charge on any atom is 0.313 e. The topological polar surface area (TPSA) is 107 Å². The number of carbonyl (C=O) groups is 2. The van der Waals surface area contributed by atoms with Crippen molar-refractivity contribution < 1.29 is 24.2 Å². The van der Waals surface area contributed by atoms with Crippen LogP contribution in [-0.4, -0.2) is 64.4 Å². The number of allylic oxidation sites excluding steroid dienone is 2. The van der Waals surface area contributed by atoms with E-state index >= 15 is 0 Å². The van der Waals surface area contributed by atoms with Crippen molar-refractivity contribution in [3.05, 3.63) is 62.0 Å². The van der Waals surface area contributed by atoms with Crippen molar-refractivity contribution in [2.75, 3.05) is 19.8 Å². The van der Waals surface area contributed by atoms with E-state index in [1.54, 1.807) is 13.8 Å². The van der Waals surface area contributed by atoms with E-state index in [9.17, 15) is 19.5 Å². The Morgan fingerprint density at radius 3 is 2.15 bits per heavy atom. The van der Waals surface area contributed by atoms with E-state index in [4.69, 9.17) is 22.6 Å². The molecule has 0 bridgehead atoms. The van der Waals surface area contributed by atoms with Crippen LogP contribution in [0.25, 0.3) is 15.8 Å². The molecule has 1 N–H and O–H groups in total. The Morgan fingerprint density at radius 2 is 1.62 bits per heavy atom. The van der Waals surface area contributed by atoms with E-state index in [1.165, 1.54) is 18.2 Å². The number of ether oxygens (including phenoxy) is 2. The van der Waals surface area contributed by atoms with Gasteiger partial charge in [0.15, 0.2) is 5.88 Å². The number of pyridine rings is 1. The van der Waals surface area contributed by atoms with Crippen LogP contribution in [0.2, 0.25) is 0 Å². The molecule has 1 saturated heterocycles. The molecular formula is C29H38N4O6. The van der Waals surface area contributed by atoms with Crippen LogP contribution >= 0.6 is 0 Å². The third-order valence-corrected chi connectivity index (χ3v) is 6.42. The van der Waals surface area contributed by atoms with Crippen LogP contribution in [-0.2, 0) is 25.6 Å². The van der Waals surface area contributed by atoms with Crippen molar-refractivity contribution in [3.63, 3.8) is 0 Å². The number of nitrogens with zero attached hydrogens (tertiary/aromatic N) is 4. The lowest BCUT2D eigenvalue weighted by Gasteiger charge is -2.31. The number of imide groups is 1. The molecule has 2 heterocycles. The fourth-order valence-corrected chi connectivity index (χ4v) is 4.29. The molecule has 0 aromatic carbocycles. The second kappa shape index (κ2) is 14.4. The maximum atomic E-state index is 13.2. The Morgan fingerprint density at radius 1 is 1.03 bits per heavy atom. The quantitative estimate of drug-likeness (QED) is 0.184. The first kappa shape index (κ1) is 31.5. The summed E-state index contributed by atoms with van der Waals surface area (Å²) in [6, 6.07) is -1.03. The van der Waals surface area contributed by atoms with E-state index in [2.05, 4.69) is 9.69 Å². The highest BCUT2D eigenvalue weighted by Crippen LogP contribution is 2.32. The molecule has 0 saturated carbocycles. The van der Waals surface area contributed by atoms with E-state index in [0.29, 0.717) is 31.6 Å². The predicted octanol–water partition coefficient (Wildman–Crippen LogP) is 4.28. The molecule has 2 atom stereocenters. The summed E-state index contributed by atoms with van der Waals surface area (Å²) in [5.74, 6) is -2.02. The fraction of sp³-hybridized carbons (Fsp3) is 0.552. The van der Waals surface area contributed by atoms with E-state index in [1.807, 2.05) is 27.7 Å².